The summed E-state index contributed by atoms with van der Waals surface area (Å²) < 4.78 is 7.03. The number of aryl methyl sites for hydroxylation is 3. The number of amides is 1. The summed E-state index contributed by atoms with van der Waals surface area (Å²) in [7, 11) is 1.87. The van der Waals surface area contributed by atoms with Crippen LogP contribution in [-0.2, 0) is 18.3 Å². The number of anilines is 2. The lowest BCUT2D eigenvalue weighted by Gasteiger charge is -2.20. The van der Waals surface area contributed by atoms with Crippen molar-refractivity contribution in [3.63, 3.8) is 0 Å². The zero-order chi connectivity index (χ0) is 21.9. The van der Waals surface area contributed by atoms with Gasteiger partial charge < -0.3 is 15.4 Å². The molecule has 2 aromatic heterocycles. The number of ether oxygens (including phenoxy) is 1. The van der Waals surface area contributed by atoms with Crippen LogP contribution in [0.3, 0.4) is 0 Å². The van der Waals surface area contributed by atoms with Crippen LogP contribution in [0.25, 0.3) is 11.3 Å². The molecule has 0 radical (unpaired) electrons. The van der Waals surface area contributed by atoms with Crippen molar-refractivity contribution < 1.29 is 9.53 Å². The molecule has 2 N–H and O–H groups in total. The molecule has 8 heteroatoms. The van der Waals surface area contributed by atoms with E-state index in [0.717, 1.165) is 33.8 Å². The van der Waals surface area contributed by atoms with Crippen molar-refractivity contribution >= 4 is 17.7 Å². The Kier molecular flexibility index (Phi) is 6.05. The molecule has 2 heterocycles. The second-order valence-corrected chi connectivity index (χ2v) is 8.19. The minimum Gasteiger partial charge on any atom is -0.444 e. The van der Waals surface area contributed by atoms with Crippen LogP contribution in [0.2, 0.25) is 0 Å². The average molecular weight is 409 g/mol. The first-order valence-corrected chi connectivity index (χ1v) is 9.78. The third-order valence-corrected chi connectivity index (χ3v) is 4.38. The number of alkyl carbamates (subject to hydrolysis) is 1. The Morgan fingerprint density at radius 2 is 1.97 bits per heavy atom. The number of nitrogens with one attached hydrogen (secondary N) is 2. The number of rotatable bonds is 5. The lowest BCUT2D eigenvalue weighted by Crippen LogP contribution is -2.32. The molecule has 1 amide bonds. The first kappa shape index (κ1) is 21.3. The standard InChI is InChI=1S/C22H28N6O2/c1-14-11-16(7-8-17(14)12-24-21(29)30-22(3,4)5)18-9-10-23-20(25-18)26-19-13-28(6)27-15(19)2/h7-11,13H,12H2,1-6H3,(H,24,29)(H,23,25,26). The van der Waals surface area contributed by atoms with Gasteiger partial charge in [0.1, 0.15) is 5.60 Å². The molecular formula is C22H28N6O2. The van der Waals surface area contributed by atoms with E-state index in [1.54, 1.807) is 10.9 Å². The summed E-state index contributed by atoms with van der Waals surface area (Å²) in [5.74, 6) is 0.511. The molecule has 0 aliphatic carbocycles. The highest BCUT2D eigenvalue weighted by atomic mass is 16.6. The fourth-order valence-electron chi connectivity index (χ4n) is 2.96. The highest BCUT2D eigenvalue weighted by molar-refractivity contribution is 5.68. The maximum Gasteiger partial charge on any atom is 0.407 e. The summed E-state index contributed by atoms with van der Waals surface area (Å²) in [6, 6.07) is 7.89. The lowest BCUT2D eigenvalue weighted by atomic mass is 10.0. The van der Waals surface area contributed by atoms with Gasteiger partial charge in [-0.2, -0.15) is 5.10 Å². The quantitative estimate of drug-likeness (QED) is 0.655. The average Bonchev–Trinajstić information content (AvgIpc) is 2.96. The Bertz CT molecular complexity index is 1050. The molecule has 0 saturated carbocycles. The molecule has 0 bridgehead atoms. The maximum absolute atomic E-state index is 11.9. The van der Waals surface area contributed by atoms with Crippen molar-refractivity contribution in [3.8, 4) is 11.3 Å². The van der Waals surface area contributed by atoms with Crippen LogP contribution in [0.5, 0.6) is 0 Å². The van der Waals surface area contributed by atoms with Gasteiger partial charge in [-0.25, -0.2) is 14.8 Å². The van der Waals surface area contributed by atoms with Crippen LogP contribution in [0.1, 0.15) is 37.6 Å². The predicted molar refractivity (Wildman–Crippen MR) is 117 cm³/mol. The van der Waals surface area contributed by atoms with Crippen LogP contribution in [-0.4, -0.2) is 31.4 Å². The van der Waals surface area contributed by atoms with E-state index in [9.17, 15) is 4.79 Å². The zero-order valence-corrected chi connectivity index (χ0v) is 18.3. The molecule has 158 valence electrons. The summed E-state index contributed by atoms with van der Waals surface area (Å²) in [5.41, 5.74) is 5.09. The van der Waals surface area contributed by atoms with Gasteiger partial charge in [-0.15, -0.1) is 0 Å². The summed E-state index contributed by atoms with van der Waals surface area (Å²) in [6.45, 7) is 9.86. The Morgan fingerprint density at radius 1 is 1.20 bits per heavy atom. The van der Waals surface area contributed by atoms with Gasteiger partial charge in [0.05, 0.1) is 17.1 Å². The fourth-order valence-corrected chi connectivity index (χ4v) is 2.96. The third-order valence-electron chi connectivity index (χ3n) is 4.38. The van der Waals surface area contributed by atoms with E-state index in [1.807, 2.05) is 72.1 Å². The zero-order valence-electron chi connectivity index (χ0n) is 18.3. The molecule has 3 aromatic rings. The predicted octanol–water partition coefficient (Wildman–Crippen LogP) is 4.26. The number of hydrogen-bond acceptors (Lipinski definition) is 6. The fraction of sp³-hybridized carbons (Fsp3) is 0.364. The van der Waals surface area contributed by atoms with Gasteiger partial charge in [-0.1, -0.05) is 12.1 Å². The molecule has 0 unspecified atom stereocenters. The van der Waals surface area contributed by atoms with Gasteiger partial charge in [0.15, 0.2) is 0 Å². The number of hydrogen-bond donors (Lipinski definition) is 2. The molecule has 30 heavy (non-hydrogen) atoms. The van der Waals surface area contributed by atoms with E-state index in [-0.39, 0.29) is 0 Å². The number of benzene rings is 1. The smallest absolute Gasteiger partial charge is 0.407 e. The summed E-state index contributed by atoms with van der Waals surface area (Å²) >= 11 is 0. The molecule has 0 atom stereocenters. The second kappa shape index (κ2) is 8.52. The van der Waals surface area contributed by atoms with Crippen LogP contribution < -0.4 is 10.6 Å². The topological polar surface area (TPSA) is 94.0 Å². The molecule has 0 fully saturated rings. The number of carbonyl (C=O) groups is 1. The molecule has 0 saturated heterocycles. The van der Waals surface area contributed by atoms with E-state index in [0.29, 0.717) is 12.5 Å². The Morgan fingerprint density at radius 3 is 2.60 bits per heavy atom. The van der Waals surface area contributed by atoms with Gasteiger partial charge >= 0.3 is 6.09 Å². The van der Waals surface area contributed by atoms with Crippen LogP contribution in [0.4, 0.5) is 16.4 Å². The van der Waals surface area contributed by atoms with Crippen molar-refractivity contribution in [2.75, 3.05) is 5.32 Å². The molecule has 0 aliphatic rings. The Balaban J connectivity index is 1.71. The third kappa shape index (κ3) is 5.56. The lowest BCUT2D eigenvalue weighted by molar-refractivity contribution is 0.0523. The largest absolute Gasteiger partial charge is 0.444 e. The molecule has 3 rings (SSSR count). The first-order chi connectivity index (χ1) is 14.1. The summed E-state index contributed by atoms with van der Waals surface area (Å²) in [4.78, 5) is 20.8. The highest BCUT2D eigenvalue weighted by Crippen LogP contribution is 2.23. The van der Waals surface area contributed by atoms with Gasteiger partial charge in [0, 0.05) is 31.5 Å². The van der Waals surface area contributed by atoms with Crippen LogP contribution >= 0.6 is 0 Å². The van der Waals surface area contributed by atoms with Crippen LogP contribution in [0, 0.1) is 13.8 Å². The molecular weight excluding hydrogens is 380 g/mol. The van der Waals surface area contributed by atoms with Crippen LogP contribution in [0.15, 0.2) is 36.7 Å². The maximum atomic E-state index is 11.9. The van der Waals surface area contributed by atoms with Gasteiger partial charge in [-0.05, 0) is 57.9 Å². The van der Waals surface area contributed by atoms with E-state index in [2.05, 4.69) is 25.7 Å². The summed E-state index contributed by atoms with van der Waals surface area (Å²) in [6.07, 6.45) is 3.19. The first-order valence-electron chi connectivity index (χ1n) is 9.78. The minimum atomic E-state index is -0.518. The van der Waals surface area contributed by atoms with E-state index >= 15 is 0 Å². The molecule has 8 nitrogen and oxygen atoms in total. The van der Waals surface area contributed by atoms with Gasteiger partial charge in [-0.3, -0.25) is 4.68 Å². The number of nitrogens with zero attached hydrogens (tertiary/aromatic N) is 4. The Hall–Kier alpha value is -3.42. The van der Waals surface area contributed by atoms with E-state index in [1.165, 1.54) is 0 Å². The Labute approximate surface area is 176 Å². The van der Waals surface area contributed by atoms with E-state index in [4.69, 9.17) is 4.74 Å². The number of carbonyl (C=O) groups excluding carboxylic acids is 1. The molecule has 0 aliphatic heterocycles. The van der Waals surface area contributed by atoms with E-state index < -0.39 is 11.7 Å². The summed E-state index contributed by atoms with van der Waals surface area (Å²) in [5, 5.41) is 10.3. The van der Waals surface area contributed by atoms with Crippen molar-refractivity contribution in [1.29, 1.82) is 0 Å². The monoisotopic (exact) mass is 408 g/mol. The van der Waals surface area contributed by atoms with Gasteiger partial charge in [0.2, 0.25) is 5.95 Å². The molecule has 1 aromatic carbocycles. The van der Waals surface area contributed by atoms with Crippen molar-refractivity contribution in [2.45, 2.75) is 46.8 Å². The van der Waals surface area contributed by atoms with Crippen molar-refractivity contribution in [3.05, 3.63) is 53.5 Å². The minimum absolute atomic E-state index is 0.401. The second-order valence-electron chi connectivity index (χ2n) is 8.19. The molecule has 0 spiro atoms. The van der Waals surface area contributed by atoms with Crippen molar-refractivity contribution in [1.82, 2.24) is 25.1 Å². The SMILES string of the molecule is Cc1cc(-c2ccnc(Nc3cn(C)nc3C)n2)ccc1CNC(=O)OC(C)(C)C. The van der Waals surface area contributed by atoms with Gasteiger partial charge in [0.25, 0.3) is 0 Å². The highest BCUT2D eigenvalue weighted by Gasteiger charge is 2.16. The van der Waals surface area contributed by atoms with Crippen molar-refractivity contribution in [2.24, 2.45) is 7.05 Å². The normalized spacial score (nSPS) is 11.3. The number of aromatic nitrogens is 4.